The number of pyridine rings is 1. The summed E-state index contributed by atoms with van der Waals surface area (Å²) in [4.78, 5) is 3.83. The van der Waals surface area contributed by atoms with E-state index < -0.39 is 12.2 Å². The lowest BCUT2D eigenvalue weighted by atomic mass is 9.84. The third-order valence-corrected chi connectivity index (χ3v) is 4.58. The van der Waals surface area contributed by atoms with Gasteiger partial charge >= 0.3 is 6.55 Å². The number of alkyl halides is 2. The van der Waals surface area contributed by atoms with Crippen LogP contribution in [0.4, 0.5) is 8.78 Å². The molecule has 4 nitrogen and oxygen atoms in total. The number of fused-ring (bicyclic) bond motifs is 1. The largest absolute Gasteiger partial charge is 0.383 e. The van der Waals surface area contributed by atoms with E-state index in [2.05, 4.69) is 10.1 Å². The molecule has 7 heteroatoms. The number of nitrogens with zero attached hydrogens (tertiary/aromatic N) is 3. The van der Waals surface area contributed by atoms with Crippen molar-refractivity contribution in [3.63, 3.8) is 0 Å². The van der Waals surface area contributed by atoms with Gasteiger partial charge < -0.3 is 5.11 Å². The summed E-state index contributed by atoms with van der Waals surface area (Å²) < 4.78 is 26.9. The quantitative estimate of drug-likeness (QED) is 0.875. The molecule has 3 rings (SSSR count). The first-order chi connectivity index (χ1) is 9.91. The number of halogens is 3. The second kappa shape index (κ2) is 5.18. The standard InChI is InChI=1S/C14H16ClF2N3O/c1-14(21,8-4-2-3-5-8)12-9-6-11(15)18-7-10(9)20(19-12)13(16)17/h6-8,13,21H,2-5H2,1H3. The Morgan fingerprint density at radius 2 is 2.10 bits per heavy atom. The molecule has 0 aromatic carbocycles. The fourth-order valence-electron chi connectivity index (χ4n) is 3.21. The van der Waals surface area contributed by atoms with Crippen LogP contribution >= 0.6 is 11.6 Å². The zero-order chi connectivity index (χ0) is 15.2. The minimum absolute atomic E-state index is 0.0219. The monoisotopic (exact) mass is 315 g/mol. The fourth-order valence-corrected chi connectivity index (χ4v) is 3.37. The maximum Gasteiger partial charge on any atom is 0.333 e. The van der Waals surface area contributed by atoms with Crippen molar-refractivity contribution < 1.29 is 13.9 Å². The zero-order valence-corrected chi connectivity index (χ0v) is 12.3. The molecule has 1 atom stereocenters. The number of rotatable bonds is 3. The van der Waals surface area contributed by atoms with Crippen LogP contribution in [0.5, 0.6) is 0 Å². The van der Waals surface area contributed by atoms with Gasteiger partial charge in [-0.1, -0.05) is 24.4 Å². The summed E-state index contributed by atoms with van der Waals surface area (Å²) in [5, 5.41) is 15.5. The Morgan fingerprint density at radius 1 is 1.43 bits per heavy atom. The Morgan fingerprint density at radius 3 is 2.71 bits per heavy atom. The second-order valence-corrected chi connectivity index (χ2v) is 6.11. The Hall–Kier alpha value is -1.27. The van der Waals surface area contributed by atoms with Crippen LogP contribution in [0.15, 0.2) is 12.3 Å². The SMILES string of the molecule is CC(O)(c1nn(C(F)F)c2cnc(Cl)cc12)C1CCCC1. The third kappa shape index (κ3) is 2.40. The molecule has 0 bridgehead atoms. The highest BCUT2D eigenvalue weighted by molar-refractivity contribution is 6.30. The maximum atomic E-state index is 13.1. The van der Waals surface area contributed by atoms with Crippen molar-refractivity contribution in [1.29, 1.82) is 0 Å². The molecular weight excluding hydrogens is 300 g/mol. The molecule has 21 heavy (non-hydrogen) atoms. The molecule has 0 amide bonds. The summed E-state index contributed by atoms with van der Waals surface area (Å²) in [5.41, 5.74) is -0.809. The minimum Gasteiger partial charge on any atom is -0.383 e. The van der Waals surface area contributed by atoms with Gasteiger partial charge in [-0.25, -0.2) is 9.67 Å². The van der Waals surface area contributed by atoms with Gasteiger partial charge in [0.25, 0.3) is 0 Å². The summed E-state index contributed by atoms with van der Waals surface area (Å²) in [7, 11) is 0. The predicted octanol–water partition coefficient (Wildman–Crippen LogP) is 3.88. The molecule has 2 aromatic heterocycles. The molecule has 2 aromatic rings. The summed E-state index contributed by atoms with van der Waals surface area (Å²) in [6, 6.07) is 1.49. The average Bonchev–Trinajstić information content (AvgIpc) is 3.06. The van der Waals surface area contributed by atoms with Crippen LogP contribution in [0.1, 0.15) is 44.9 Å². The molecule has 2 heterocycles. The number of aromatic nitrogens is 3. The molecule has 0 spiro atoms. The Kier molecular flexibility index (Phi) is 3.61. The summed E-state index contributed by atoms with van der Waals surface area (Å²) in [6.07, 6.45) is 5.09. The maximum absolute atomic E-state index is 13.1. The molecular formula is C14H16ClF2N3O. The van der Waals surface area contributed by atoms with Gasteiger partial charge in [0.2, 0.25) is 0 Å². The summed E-state index contributed by atoms with van der Waals surface area (Å²) in [6.45, 7) is -1.14. The Bertz CT molecular complexity index is 666. The minimum atomic E-state index is -2.79. The van der Waals surface area contributed by atoms with E-state index in [0.717, 1.165) is 25.7 Å². The van der Waals surface area contributed by atoms with Crippen molar-refractivity contribution in [2.24, 2.45) is 5.92 Å². The Labute approximate surface area is 125 Å². The van der Waals surface area contributed by atoms with Gasteiger partial charge in [0, 0.05) is 5.39 Å². The lowest BCUT2D eigenvalue weighted by Gasteiger charge is -2.28. The van der Waals surface area contributed by atoms with Crippen LogP contribution in [0, 0.1) is 5.92 Å². The first-order valence-corrected chi connectivity index (χ1v) is 7.34. The predicted molar refractivity (Wildman–Crippen MR) is 75.3 cm³/mol. The van der Waals surface area contributed by atoms with Crippen LogP contribution in [-0.2, 0) is 5.60 Å². The Balaban J connectivity index is 2.19. The van der Waals surface area contributed by atoms with Gasteiger partial charge in [-0.3, -0.25) is 0 Å². The first-order valence-electron chi connectivity index (χ1n) is 6.96. The normalized spacial score (nSPS) is 19.5. The average molecular weight is 316 g/mol. The van der Waals surface area contributed by atoms with E-state index in [4.69, 9.17) is 11.6 Å². The molecule has 114 valence electrons. The van der Waals surface area contributed by atoms with Gasteiger partial charge in [-0.2, -0.15) is 13.9 Å². The summed E-state index contributed by atoms with van der Waals surface area (Å²) >= 11 is 5.87. The van der Waals surface area contributed by atoms with Crippen molar-refractivity contribution in [3.8, 4) is 0 Å². The second-order valence-electron chi connectivity index (χ2n) is 5.72. The smallest absolute Gasteiger partial charge is 0.333 e. The van der Waals surface area contributed by atoms with E-state index >= 15 is 0 Å². The van der Waals surface area contributed by atoms with Gasteiger partial charge in [-0.05, 0) is 31.7 Å². The number of hydrogen-bond acceptors (Lipinski definition) is 3. The van der Waals surface area contributed by atoms with E-state index in [1.165, 1.54) is 12.3 Å². The van der Waals surface area contributed by atoms with E-state index in [0.29, 0.717) is 10.1 Å². The van der Waals surface area contributed by atoms with Crippen LogP contribution in [-0.4, -0.2) is 19.9 Å². The molecule has 1 aliphatic carbocycles. The van der Waals surface area contributed by atoms with Gasteiger partial charge in [-0.15, -0.1) is 0 Å². The van der Waals surface area contributed by atoms with Crippen molar-refractivity contribution in [3.05, 3.63) is 23.1 Å². The van der Waals surface area contributed by atoms with Gasteiger partial charge in [0.05, 0.1) is 11.7 Å². The molecule has 1 N–H and O–H groups in total. The molecule has 1 unspecified atom stereocenters. The highest BCUT2D eigenvalue weighted by Gasteiger charge is 2.39. The summed E-state index contributed by atoms with van der Waals surface area (Å²) in [5.74, 6) is 0.0219. The highest BCUT2D eigenvalue weighted by Crippen LogP contribution is 2.42. The fraction of sp³-hybridized carbons (Fsp3) is 0.571. The van der Waals surface area contributed by atoms with Crippen LogP contribution in [0.25, 0.3) is 10.9 Å². The van der Waals surface area contributed by atoms with Crippen LogP contribution < -0.4 is 0 Å². The number of aliphatic hydroxyl groups is 1. The van der Waals surface area contributed by atoms with Crippen molar-refractivity contribution in [1.82, 2.24) is 14.8 Å². The van der Waals surface area contributed by atoms with Crippen molar-refractivity contribution >= 4 is 22.5 Å². The van der Waals surface area contributed by atoms with E-state index in [-0.39, 0.29) is 22.3 Å². The first kappa shape index (κ1) is 14.7. The lowest BCUT2D eigenvalue weighted by molar-refractivity contribution is -0.00939. The lowest BCUT2D eigenvalue weighted by Crippen LogP contribution is -2.31. The van der Waals surface area contributed by atoms with Gasteiger partial charge in [0.15, 0.2) is 0 Å². The molecule has 0 radical (unpaired) electrons. The molecule has 0 saturated heterocycles. The highest BCUT2D eigenvalue weighted by atomic mass is 35.5. The van der Waals surface area contributed by atoms with E-state index in [1.807, 2.05) is 0 Å². The molecule has 0 aliphatic heterocycles. The molecule has 1 fully saturated rings. The number of hydrogen-bond donors (Lipinski definition) is 1. The molecule has 1 saturated carbocycles. The van der Waals surface area contributed by atoms with Crippen molar-refractivity contribution in [2.75, 3.05) is 0 Å². The zero-order valence-electron chi connectivity index (χ0n) is 11.6. The van der Waals surface area contributed by atoms with Gasteiger partial charge in [0.1, 0.15) is 16.4 Å². The van der Waals surface area contributed by atoms with Crippen molar-refractivity contribution in [2.45, 2.75) is 44.8 Å². The van der Waals surface area contributed by atoms with E-state index in [9.17, 15) is 13.9 Å². The third-order valence-electron chi connectivity index (χ3n) is 4.37. The van der Waals surface area contributed by atoms with Crippen LogP contribution in [0.3, 0.4) is 0 Å². The molecule has 1 aliphatic rings. The van der Waals surface area contributed by atoms with E-state index in [1.54, 1.807) is 6.92 Å². The van der Waals surface area contributed by atoms with Crippen LogP contribution in [0.2, 0.25) is 5.15 Å². The topological polar surface area (TPSA) is 50.9 Å².